The van der Waals surface area contributed by atoms with Crippen molar-refractivity contribution in [3.8, 4) is 11.5 Å². The average molecular weight is 420 g/mol. The van der Waals surface area contributed by atoms with E-state index in [1.807, 2.05) is 6.92 Å². The molecule has 3 nitrogen and oxygen atoms in total. The molecule has 0 bridgehead atoms. The van der Waals surface area contributed by atoms with Crippen LogP contribution in [0.5, 0.6) is 11.5 Å². The standard InChI is InChI=1S/C23H20F4O3/c1-14-10-17(12-15-6-2-4-8-19(15)29-22(24)25)21(28)18(11-14)13-16-7-3-5-9-20(16)30-23(26)27/h2-9,12-14,22-23H,10-11H2,1H3/b17-12-,18-13+. The first-order valence-corrected chi connectivity index (χ1v) is 9.37. The van der Waals surface area contributed by atoms with E-state index < -0.39 is 13.2 Å². The van der Waals surface area contributed by atoms with Gasteiger partial charge in [-0.2, -0.15) is 17.6 Å². The highest BCUT2D eigenvalue weighted by molar-refractivity contribution is 6.14. The van der Waals surface area contributed by atoms with Gasteiger partial charge in [0.15, 0.2) is 5.78 Å². The number of alkyl halides is 4. The Morgan fingerprint density at radius 2 is 1.20 bits per heavy atom. The normalized spacial score (nSPS) is 19.7. The third-order valence-corrected chi connectivity index (χ3v) is 4.65. The highest BCUT2D eigenvalue weighted by Crippen LogP contribution is 2.35. The number of hydrogen-bond donors (Lipinski definition) is 0. The fourth-order valence-electron chi connectivity index (χ4n) is 3.45. The van der Waals surface area contributed by atoms with Gasteiger partial charge in [0.1, 0.15) is 11.5 Å². The van der Waals surface area contributed by atoms with Crippen molar-refractivity contribution in [3.05, 3.63) is 70.8 Å². The quantitative estimate of drug-likeness (QED) is 0.403. The number of ether oxygens (including phenoxy) is 2. The minimum absolute atomic E-state index is 0.0211. The first-order valence-electron chi connectivity index (χ1n) is 9.37. The van der Waals surface area contributed by atoms with Gasteiger partial charge in [0.2, 0.25) is 0 Å². The summed E-state index contributed by atoms with van der Waals surface area (Å²) in [5.41, 5.74) is 1.63. The monoisotopic (exact) mass is 420 g/mol. The molecular formula is C23H20F4O3. The Labute approximate surface area is 171 Å². The lowest BCUT2D eigenvalue weighted by Crippen LogP contribution is -2.18. The van der Waals surface area contributed by atoms with Gasteiger partial charge < -0.3 is 9.47 Å². The van der Waals surface area contributed by atoms with Crippen LogP contribution in [0.4, 0.5) is 17.6 Å². The first-order chi connectivity index (χ1) is 14.3. The van der Waals surface area contributed by atoms with Gasteiger partial charge in [-0.3, -0.25) is 4.79 Å². The van der Waals surface area contributed by atoms with Crippen LogP contribution in [0.1, 0.15) is 30.9 Å². The number of hydrogen-bond acceptors (Lipinski definition) is 3. The van der Waals surface area contributed by atoms with E-state index >= 15 is 0 Å². The summed E-state index contributed by atoms with van der Waals surface area (Å²) in [5, 5.41) is 0. The SMILES string of the molecule is CC1C/C(=C/c2ccccc2OC(F)F)C(=O)/C(=C/c2ccccc2OC(F)F)C1. The highest BCUT2D eigenvalue weighted by atomic mass is 19.3. The summed E-state index contributed by atoms with van der Waals surface area (Å²) in [6.07, 6.45) is 4.03. The van der Waals surface area contributed by atoms with Crippen molar-refractivity contribution in [2.45, 2.75) is 33.0 Å². The van der Waals surface area contributed by atoms with Crippen molar-refractivity contribution >= 4 is 17.9 Å². The lowest BCUT2D eigenvalue weighted by atomic mass is 9.80. The Kier molecular flexibility index (Phi) is 6.92. The summed E-state index contributed by atoms with van der Waals surface area (Å²) in [6, 6.07) is 12.5. The smallest absolute Gasteiger partial charge is 0.387 e. The number of benzene rings is 2. The van der Waals surface area contributed by atoms with E-state index in [1.54, 1.807) is 48.6 Å². The van der Waals surface area contributed by atoms with Crippen molar-refractivity contribution in [2.75, 3.05) is 0 Å². The molecule has 0 spiro atoms. The summed E-state index contributed by atoms with van der Waals surface area (Å²) in [5.74, 6) is -0.196. The molecule has 0 amide bonds. The third kappa shape index (κ3) is 5.49. The molecule has 1 saturated carbocycles. The molecule has 2 aromatic rings. The molecule has 3 rings (SSSR count). The van der Waals surface area contributed by atoms with E-state index in [0.29, 0.717) is 35.1 Å². The van der Waals surface area contributed by atoms with Crippen LogP contribution in [0, 0.1) is 5.92 Å². The maximum absolute atomic E-state index is 13.0. The van der Waals surface area contributed by atoms with Crippen LogP contribution in [-0.4, -0.2) is 19.0 Å². The van der Waals surface area contributed by atoms with E-state index in [9.17, 15) is 22.4 Å². The van der Waals surface area contributed by atoms with Crippen LogP contribution in [0.2, 0.25) is 0 Å². The topological polar surface area (TPSA) is 35.5 Å². The van der Waals surface area contributed by atoms with Gasteiger partial charge in [-0.1, -0.05) is 43.3 Å². The van der Waals surface area contributed by atoms with E-state index in [4.69, 9.17) is 0 Å². The van der Waals surface area contributed by atoms with Crippen molar-refractivity contribution in [1.82, 2.24) is 0 Å². The molecule has 2 aromatic carbocycles. The van der Waals surface area contributed by atoms with Gasteiger partial charge in [-0.15, -0.1) is 0 Å². The number of rotatable bonds is 6. The molecule has 158 valence electrons. The molecule has 7 heteroatoms. The van der Waals surface area contributed by atoms with Gasteiger partial charge in [-0.05, 0) is 43.0 Å². The summed E-state index contributed by atoms with van der Waals surface area (Å²) in [7, 11) is 0. The lowest BCUT2D eigenvalue weighted by Gasteiger charge is -2.23. The average Bonchev–Trinajstić information content (AvgIpc) is 2.67. The second-order valence-corrected chi connectivity index (χ2v) is 7.01. The van der Waals surface area contributed by atoms with Gasteiger partial charge in [0, 0.05) is 22.3 Å². The molecule has 30 heavy (non-hydrogen) atoms. The molecule has 0 saturated heterocycles. The van der Waals surface area contributed by atoms with Gasteiger partial charge in [0.05, 0.1) is 0 Å². The predicted molar refractivity (Wildman–Crippen MR) is 106 cm³/mol. The minimum Gasteiger partial charge on any atom is -0.434 e. The Hall–Kier alpha value is -3.09. The largest absolute Gasteiger partial charge is 0.434 e. The summed E-state index contributed by atoms with van der Waals surface area (Å²) < 4.78 is 59.7. The van der Waals surface area contributed by atoms with Crippen LogP contribution >= 0.6 is 0 Å². The molecule has 1 atom stereocenters. The number of carbonyl (C=O) groups is 1. The second kappa shape index (κ2) is 9.61. The van der Waals surface area contributed by atoms with Crippen LogP contribution in [-0.2, 0) is 4.79 Å². The van der Waals surface area contributed by atoms with E-state index in [2.05, 4.69) is 9.47 Å². The van der Waals surface area contributed by atoms with Crippen LogP contribution in [0.15, 0.2) is 59.7 Å². The number of ketones is 1. The zero-order valence-electron chi connectivity index (χ0n) is 16.2. The molecule has 0 N–H and O–H groups in total. The van der Waals surface area contributed by atoms with Gasteiger partial charge >= 0.3 is 13.2 Å². The Morgan fingerprint density at radius 1 is 0.800 bits per heavy atom. The Morgan fingerprint density at radius 3 is 1.60 bits per heavy atom. The predicted octanol–water partition coefficient (Wildman–Crippen LogP) is 6.36. The lowest BCUT2D eigenvalue weighted by molar-refractivity contribution is -0.113. The van der Waals surface area contributed by atoms with Gasteiger partial charge in [-0.25, -0.2) is 0 Å². The number of carbonyl (C=O) groups excluding carboxylic acids is 1. The third-order valence-electron chi connectivity index (χ3n) is 4.65. The van der Waals surface area contributed by atoms with E-state index in [0.717, 1.165) is 0 Å². The molecule has 1 aliphatic carbocycles. The van der Waals surface area contributed by atoms with E-state index in [-0.39, 0.29) is 23.2 Å². The maximum Gasteiger partial charge on any atom is 0.387 e. The first kappa shape index (κ1) is 21.6. The molecule has 0 aliphatic heterocycles. The fraction of sp³-hybridized carbons (Fsp3) is 0.261. The number of Topliss-reactive ketones (excluding diaryl/α,β-unsaturated/α-hetero) is 1. The number of para-hydroxylation sites is 2. The molecule has 1 aliphatic rings. The van der Waals surface area contributed by atoms with Crippen molar-refractivity contribution in [2.24, 2.45) is 5.92 Å². The fourth-order valence-corrected chi connectivity index (χ4v) is 3.45. The van der Waals surface area contributed by atoms with Crippen molar-refractivity contribution in [1.29, 1.82) is 0 Å². The van der Waals surface area contributed by atoms with Gasteiger partial charge in [0.25, 0.3) is 0 Å². The Bertz CT molecular complexity index is 891. The number of allylic oxidation sites excluding steroid dienone is 2. The summed E-state index contributed by atoms with van der Waals surface area (Å²) in [6.45, 7) is -4.00. The molecule has 0 heterocycles. The zero-order valence-corrected chi connectivity index (χ0v) is 16.2. The summed E-state index contributed by atoms with van der Waals surface area (Å²) in [4.78, 5) is 13.0. The van der Waals surface area contributed by atoms with Crippen LogP contribution < -0.4 is 9.47 Å². The molecule has 0 aromatic heterocycles. The zero-order chi connectivity index (χ0) is 21.7. The molecule has 0 radical (unpaired) electrons. The van der Waals surface area contributed by atoms with Crippen molar-refractivity contribution in [3.63, 3.8) is 0 Å². The minimum atomic E-state index is -2.98. The second-order valence-electron chi connectivity index (χ2n) is 7.01. The molecular weight excluding hydrogens is 400 g/mol. The van der Waals surface area contributed by atoms with Crippen molar-refractivity contribution < 1.29 is 31.8 Å². The Balaban J connectivity index is 1.95. The maximum atomic E-state index is 13.0. The molecule has 1 fully saturated rings. The summed E-state index contributed by atoms with van der Waals surface area (Å²) >= 11 is 0. The molecule has 1 unspecified atom stereocenters. The van der Waals surface area contributed by atoms with Crippen LogP contribution in [0.25, 0.3) is 12.2 Å². The van der Waals surface area contributed by atoms with E-state index in [1.165, 1.54) is 12.1 Å². The number of halogens is 4. The highest BCUT2D eigenvalue weighted by Gasteiger charge is 2.26. The van der Waals surface area contributed by atoms with Crippen LogP contribution in [0.3, 0.4) is 0 Å².